The molecule has 0 bridgehead atoms. The summed E-state index contributed by atoms with van der Waals surface area (Å²) in [7, 11) is 0. The minimum atomic E-state index is -1.32. The van der Waals surface area contributed by atoms with Crippen LogP contribution >= 0.6 is 0 Å². The molecule has 4 amide bonds. The molecular formula is C39H50N10O6. The van der Waals surface area contributed by atoms with Crippen LogP contribution in [0.25, 0.3) is 10.9 Å². The van der Waals surface area contributed by atoms with Crippen LogP contribution in [-0.4, -0.2) is 88.9 Å². The zero-order chi connectivity index (χ0) is 39.7. The van der Waals surface area contributed by atoms with Crippen molar-refractivity contribution in [3.05, 3.63) is 108 Å². The minimum Gasteiger partial charge on any atom is -0.480 e. The maximum absolute atomic E-state index is 14.2. The highest BCUT2D eigenvalue weighted by Gasteiger charge is 2.32. The van der Waals surface area contributed by atoms with Crippen molar-refractivity contribution >= 4 is 46.5 Å². The number of amides is 4. The molecule has 0 aliphatic heterocycles. The van der Waals surface area contributed by atoms with Crippen molar-refractivity contribution in [1.29, 1.82) is 0 Å². The van der Waals surface area contributed by atoms with E-state index in [9.17, 15) is 29.1 Å². The second-order valence-electron chi connectivity index (χ2n) is 13.2. The molecule has 292 valence electrons. The van der Waals surface area contributed by atoms with Crippen molar-refractivity contribution in [2.24, 2.45) is 27.9 Å². The Labute approximate surface area is 318 Å². The molecule has 1 aromatic heterocycles. The number of benzene rings is 3. The summed E-state index contributed by atoms with van der Waals surface area (Å²) >= 11 is 0. The maximum Gasteiger partial charge on any atom is 0.326 e. The Morgan fingerprint density at radius 2 is 1.16 bits per heavy atom. The van der Waals surface area contributed by atoms with Crippen LogP contribution in [0.4, 0.5) is 0 Å². The average molecular weight is 755 g/mol. The molecule has 0 aliphatic rings. The number of aliphatic imine (C=N–C) groups is 1. The van der Waals surface area contributed by atoms with Gasteiger partial charge in [-0.2, -0.15) is 0 Å². The first kappa shape index (κ1) is 41.5. The summed E-state index contributed by atoms with van der Waals surface area (Å²) in [6, 6.07) is 19.4. The maximum atomic E-state index is 14.2. The van der Waals surface area contributed by atoms with Crippen molar-refractivity contribution in [2.75, 3.05) is 13.1 Å². The normalized spacial score (nSPS) is 13.7. The molecule has 0 fully saturated rings. The first-order valence-electron chi connectivity index (χ1n) is 18.0. The lowest BCUT2D eigenvalue weighted by Gasteiger charge is -2.27. The zero-order valence-electron chi connectivity index (χ0n) is 30.4. The van der Waals surface area contributed by atoms with E-state index in [1.807, 2.05) is 24.3 Å². The molecule has 4 rings (SSSR count). The first-order valence-corrected chi connectivity index (χ1v) is 18.0. The molecule has 0 radical (unpaired) electrons. The van der Waals surface area contributed by atoms with Gasteiger partial charge in [-0.25, -0.2) is 4.79 Å². The topological polar surface area (TPSA) is 286 Å². The standard InChI is InChI=1S/C39H50N10O6/c40-18-17-28(41)34(50)46-30(16-9-19-44-39(42)43)35(51)47-31(20-24-10-3-1-4-11-24)36(52)48-32(21-25-12-5-2-6-13-25)37(53)49-33(38(54)55)22-26-23-45-29-15-8-7-14-27(26)29/h1-8,10-15,23,28,30-33,45H,9,16-22,40-41H2,(H,46,50)(H,47,51)(H,48,52)(H,49,53)(H,54,55)(H4,42,43,44)/t28-,30+,31+,32+,33-/m1/s1. The fraction of sp³-hybridized carbons (Fsp3) is 0.333. The largest absolute Gasteiger partial charge is 0.480 e. The van der Waals surface area contributed by atoms with E-state index in [1.54, 1.807) is 66.9 Å². The number of nitrogens with two attached hydrogens (primary N) is 4. The Hall–Kier alpha value is -6.26. The number of nitrogens with one attached hydrogen (secondary N) is 5. The van der Waals surface area contributed by atoms with Gasteiger partial charge in [-0.3, -0.25) is 24.2 Å². The van der Waals surface area contributed by atoms with Gasteiger partial charge in [-0.05, 0) is 48.6 Å². The molecule has 0 aliphatic carbocycles. The molecular weight excluding hydrogens is 704 g/mol. The summed E-state index contributed by atoms with van der Waals surface area (Å²) in [6.45, 7) is 0.335. The lowest BCUT2D eigenvalue weighted by Crippen LogP contribution is -2.59. The summed E-state index contributed by atoms with van der Waals surface area (Å²) in [6.07, 6.45) is 2.33. The number of carbonyl (C=O) groups is 5. The second kappa shape index (κ2) is 20.8. The van der Waals surface area contributed by atoms with Gasteiger partial charge in [0.25, 0.3) is 0 Å². The number of fused-ring (bicyclic) bond motifs is 1. The van der Waals surface area contributed by atoms with E-state index < -0.39 is 59.8 Å². The molecule has 4 aromatic rings. The highest BCUT2D eigenvalue weighted by atomic mass is 16.4. The summed E-state index contributed by atoms with van der Waals surface area (Å²) in [4.78, 5) is 74.4. The number of aliphatic carboxylic acids is 1. The quantitative estimate of drug-likeness (QED) is 0.0307. The van der Waals surface area contributed by atoms with Crippen LogP contribution in [0, 0.1) is 0 Å². The van der Waals surface area contributed by atoms with E-state index in [4.69, 9.17) is 22.9 Å². The molecule has 14 N–H and O–H groups in total. The number of rotatable bonds is 21. The lowest BCUT2D eigenvalue weighted by molar-refractivity contribution is -0.142. The Balaban J connectivity index is 1.59. The van der Waals surface area contributed by atoms with Gasteiger partial charge >= 0.3 is 5.97 Å². The lowest BCUT2D eigenvalue weighted by atomic mass is 10.0. The third kappa shape index (κ3) is 13.0. The van der Waals surface area contributed by atoms with Crippen LogP contribution in [-0.2, 0) is 43.2 Å². The number of carboxylic acid groups (broad SMARTS) is 1. The molecule has 1 heterocycles. The van der Waals surface area contributed by atoms with Gasteiger partial charge in [0.2, 0.25) is 23.6 Å². The predicted molar refractivity (Wildman–Crippen MR) is 209 cm³/mol. The van der Waals surface area contributed by atoms with Crippen LogP contribution in [0.2, 0.25) is 0 Å². The molecule has 3 aromatic carbocycles. The number of hydrogen-bond donors (Lipinski definition) is 10. The van der Waals surface area contributed by atoms with Gasteiger partial charge in [0, 0.05) is 42.9 Å². The van der Waals surface area contributed by atoms with Crippen LogP contribution in [0.1, 0.15) is 36.0 Å². The Bertz CT molecular complexity index is 1920. The number of para-hydroxylation sites is 1. The van der Waals surface area contributed by atoms with Crippen molar-refractivity contribution in [3.8, 4) is 0 Å². The second-order valence-corrected chi connectivity index (χ2v) is 13.2. The number of hydrogen-bond acceptors (Lipinski definition) is 8. The van der Waals surface area contributed by atoms with Crippen molar-refractivity contribution < 1.29 is 29.1 Å². The van der Waals surface area contributed by atoms with E-state index in [2.05, 4.69) is 31.2 Å². The van der Waals surface area contributed by atoms with Gasteiger partial charge in [-0.15, -0.1) is 0 Å². The molecule has 55 heavy (non-hydrogen) atoms. The minimum absolute atomic E-state index is 0.0188. The molecule has 5 atom stereocenters. The van der Waals surface area contributed by atoms with Gasteiger partial charge in [0.1, 0.15) is 24.2 Å². The highest BCUT2D eigenvalue weighted by molar-refractivity contribution is 5.96. The fourth-order valence-electron chi connectivity index (χ4n) is 6.02. The first-order chi connectivity index (χ1) is 26.4. The number of aromatic nitrogens is 1. The van der Waals surface area contributed by atoms with Crippen LogP contribution in [0.5, 0.6) is 0 Å². The SMILES string of the molecule is NCC[C@@H](N)C(=O)N[C@@H](CCCN=C(N)N)C(=O)N[C@@H](Cc1ccccc1)C(=O)N[C@@H](Cc1ccccc1)C(=O)N[C@H](Cc1c[nH]c2ccccc12)C(=O)O. The summed E-state index contributed by atoms with van der Waals surface area (Å²) in [5.74, 6) is -4.09. The van der Waals surface area contributed by atoms with E-state index in [1.165, 1.54) is 0 Å². The van der Waals surface area contributed by atoms with Gasteiger partial charge in [-0.1, -0.05) is 78.9 Å². The average Bonchev–Trinajstić information content (AvgIpc) is 3.58. The predicted octanol–water partition coefficient (Wildman–Crippen LogP) is -0.0507. The number of carboxylic acids is 1. The van der Waals surface area contributed by atoms with Crippen LogP contribution < -0.4 is 44.2 Å². The van der Waals surface area contributed by atoms with E-state index in [-0.39, 0.29) is 51.2 Å². The third-order valence-electron chi connectivity index (χ3n) is 8.94. The number of carbonyl (C=O) groups excluding carboxylic acids is 4. The molecule has 0 spiro atoms. The van der Waals surface area contributed by atoms with Gasteiger partial charge in [0.15, 0.2) is 5.96 Å². The molecule has 0 unspecified atom stereocenters. The van der Waals surface area contributed by atoms with Crippen molar-refractivity contribution in [3.63, 3.8) is 0 Å². The fourth-order valence-corrected chi connectivity index (χ4v) is 6.02. The van der Waals surface area contributed by atoms with Crippen molar-refractivity contribution in [1.82, 2.24) is 26.3 Å². The highest BCUT2D eigenvalue weighted by Crippen LogP contribution is 2.19. The Morgan fingerprint density at radius 1 is 0.655 bits per heavy atom. The smallest absolute Gasteiger partial charge is 0.326 e. The summed E-state index contributed by atoms with van der Waals surface area (Å²) in [5.41, 5.74) is 25.4. The monoisotopic (exact) mass is 754 g/mol. The molecule has 16 heteroatoms. The third-order valence-corrected chi connectivity index (χ3v) is 8.94. The summed E-state index contributed by atoms with van der Waals surface area (Å²) in [5, 5.41) is 21.8. The number of H-pyrrole nitrogens is 1. The number of nitrogens with zero attached hydrogens (tertiary/aromatic N) is 1. The van der Waals surface area contributed by atoms with Gasteiger partial charge < -0.3 is 54.3 Å². The van der Waals surface area contributed by atoms with Crippen LogP contribution in [0.15, 0.2) is 96.1 Å². The molecule has 0 saturated heterocycles. The molecule has 0 saturated carbocycles. The van der Waals surface area contributed by atoms with E-state index in [0.29, 0.717) is 23.1 Å². The Kier molecular flexibility index (Phi) is 15.7. The molecule has 16 nitrogen and oxygen atoms in total. The van der Waals surface area contributed by atoms with Crippen molar-refractivity contribution in [2.45, 2.75) is 68.7 Å². The van der Waals surface area contributed by atoms with E-state index in [0.717, 1.165) is 10.9 Å². The van der Waals surface area contributed by atoms with Gasteiger partial charge in [0.05, 0.1) is 6.04 Å². The zero-order valence-corrected chi connectivity index (χ0v) is 30.4. The van der Waals surface area contributed by atoms with E-state index >= 15 is 0 Å². The number of guanidine groups is 1. The summed E-state index contributed by atoms with van der Waals surface area (Å²) < 4.78 is 0. The van der Waals surface area contributed by atoms with Crippen LogP contribution in [0.3, 0.4) is 0 Å². The Morgan fingerprint density at radius 3 is 1.71 bits per heavy atom. The number of aromatic amines is 1.